The van der Waals surface area contributed by atoms with E-state index in [1.54, 1.807) is 12.1 Å². The third kappa shape index (κ3) is 2.06. The Balaban J connectivity index is 2.12. The molecular formula is C15H13ClN2O. The van der Waals surface area contributed by atoms with E-state index in [9.17, 15) is 4.79 Å². The Kier molecular flexibility index (Phi) is 2.72. The molecule has 3 nitrogen and oxygen atoms in total. The first kappa shape index (κ1) is 12.1. The van der Waals surface area contributed by atoms with Crippen molar-refractivity contribution in [2.75, 3.05) is 5.32 Å². The van der Waals surface area contributed by atoms with Crippen molar-refractivity contribution >= 4 is 34.8 Å². The molecule has 1 aromatic heterocycles. The Morgan fingerprint density at radius 2 is 2.00 bits per heavy atom. The number of carbonyl (C=O) groups is 1. The first-order chi connectivity index (χ1) is 9.04. The lowest BCUT2D eigenvalue weighted by atomic mass is 10.0. The van der Waals surface area contributed by atoms with Crippen molar-refractivity contribution < 1.29 is 4.79 Å². The smallest absolute Gasteiger partial charge is 0.256 e. The van der Waals surface area contributed by atoms with E-state index in [-0.39, 0.29) is 5.91 Å². The molecule has 0 bridgehead atoms. The highest BCUT2D eigenvalue weighted by atomic mass is 35.5. The topological polar surface area (TPSA) is 44.9 Å². The van der Waals surface area contributed by atoms with Gasteiger partial charge in [-0.25, -0.2) is 0 Å². The SMILES string of the molecule is Cc1cc(C=C2C(=O)Nc3cc(Cl)ccc32)c(C)[nH]1. The van der Waals surface area contributed by atoms with E-state index in [0.29, 0.717) is 10.6 Å². The summed E-state index contributed by atoms with van der Waals surface area (Å²) in [7, 11) is 0. The zero-order chi connectivity index (χ0) is 13.6. The number of nitrogens with one attached hydrogen (secondary N) is 2. The van der Waals surface area contributed by atoms with Gasteiger partial charge >= 0.3 is 0 Å². The second-order valence-electron chi connectivity index (χ2n) is 4.73. The van der Waals surface area contributed by atoms with E-state index in [1.807, 2.05) is 32.1 Å². The average molecular weight is 273 g/mol. The van der Waals surface area contributed by atoms with E-state index in [1.165, 1.54) is 0 Å². The summed E-state index contributed by atoms with van der Waals surface area (Å²) in [4.78, 5) is 15.3. The first-order valence-electron chi connectivity index (χ1n) is 6.04. The van der Waals surface area contributed by atoms with E-state index in [0.717, 1.165) is 28.2 Å². The third-order valence-electron chi connectivity index (χ3n) is 3.25. The standard InChI is InChI=1S/C15H13ClN2O/c1-8-5-10(9(2)17-8)6-13-12-4-3-11(16)7-14(12)18-15(13)19/h3-7,17H,1-2H3,(H,18,19). The number of anilines is 1. The molecule has 0 radical (unpaired) electrons. The molecule has 0 atom stereocenters. The third-order valence-corrected chi connectivity index (χ3v) is 3.49. The lowest BCUT2D eigenvalue weighted by Gasteiger charge is -1.98. The summed E-state index contributed by atoms with van der Waals surface area (Å²) in [6.45, 7) is 3.99. The largest absolute Gasteiger partial charge is 0.362 e. The Hall–Kier alpha value is -2.00. The predicted octanol–water partition coefficient (Wildman–Crippen LogP) is 3.78. The van der Waals surface area contributed by atoms with Gasteiger partial charge in [-0.2, -0.15) is 0 Å². The summed E-state index contributed by atoms with van der Waals surface area (Å²) >= 11 is 5.93. The minimum Gasteiger partial charge on any atom is -0.362 e. The summed E-state index contributed by atoms with van der Waals surface area (Å²) in [5.74, 6) is -0.0875. The number of aromatic nitrogens is 1. The molecule has 0 unspecified atom stereocenters. The number of rotatable bonds is 1. The molecule has 1 aliphatic rings. The Morgan fingerprint density at radius 1 is 1.21 bits per heavy atom. The number of hydrogen-bond donors (Lipinski definition) is 2. The van der Waals surface area contributed by atoms with Gasteiger partial charge in [-0.3, -0.25) is 4.79 Å². The normalized spacial score (nSPS) is 15.7. The monoisotopic (exact) mass is 272 g/mol. The van der Waals surface area contributed by atoms with E-state index in [4.69, 9.17) is 11.6 Å². The fourth-order valence-corrected chi connectivity index (χ4v) is 2.53. The van der Waals surface area contributed by atoms with E-state index >= 15 is 0 Å². The van der Waals surface area contributed by atoms with Crippen LogP contribution in [0.3, 0.4) is 0 Å². The molecule has 1 aromatic carbocycles. The van der Waals surface area contributed by atoms with Gasteiger partial charge in [0.1, 0.15) is 0 Å². The highest BCUT2D eigenvalue weighted by molar-refractivity contribution is 6.36. The van der Waals surface area contributed by atoms with E-state index in [2.05, 4.69) is 10.3 Å². The molecule has 2 N–H and O–H groups in total. The number of H-pyrrole nitrogens is 1. The van der Waals surface area contributed by atoms with Crippen LogP contribution in [0.4, 0.5) is 5.69 Å². The van der Waals surface area contributed by atoms with Crippen LogP contribution in [-0.4, -0.2) is 10.9 Å². The molecule has 1 aliphatic heterocycles. The van der Waals surface area contributed by atoms with Crippen molar-refractivity contribution in [3.63, 3.8) is 0 Å². The van der Waals surface area contributed by atoms with Crippen LogP contribution in [0.25, 0.3) is 11.6 Å². The summed E-state index contributed by atoms with van der Waals surface area (Å²) in [5, 5.41) is 3.45. The van der Waals surface area contributed by atoms with Crippen LogP contribution in [-0.2, 0) is 4.79 Å². The number of hydrogen-bond acceptors (Lipinski definition) is 1. The summed E-state index contributed by atoms with van der Waals surface area (Å²) in [5.41, 5.74) is 5.51. The Bertz CT molecular complexity index is 713. The molecule has 2 heterocycles. The second kappa shape index (κ2) is 4.28. The zero-order valence-corrected chi connectivity index (χ0v) is 11.4. The molecule has 0 saturated carbocycles. The Morgan fingerprint density at radius 3 is 2.68 bits per heavy atom. The molecule has 4 heteroatoms. The fourth-order valence-electron chi connectivity index (χ4n) is 2.36. The minimum absolute atomic E-state index is 0.0875. The summed E-state index contributed by atoms with van der Waals surface area (Å²) in [6, 6.07) is 7.47. The van der Waals surface area contributed by atoms with Crippen molar-refractivity contribution in [2.24, 2.45) is 0 Å². The van der Waals surface area contributed by atoms with Gasteiger partial charge in [0.05, 0.1) is 5.69 Å². The maximum atomic E-state index is 12.0. The van der Waals surface area contributed by atoms with Gasteiger partial charge in [-0.05, 0) is 43.7 Å². The van der Waals surface area contributed by atoms with Gasteiger partial charge in [0.15, 0.2) is 0 Å². The minimum atomic E-state index is -0.0875. The summed E-state index contributed by atoms with van der Waals surface area (Å²) in [6.07, 6.45) is 1.91. The number of halogens is 1. The number of carbonyl (C=O) groups excluding carboxylic acids is 1. The van der Waals surface area contributed by atoms with Crippen molar-refractivity contribution in [1.82, 2.24) is 4.98 Å². The molecular weight excluding hydrogens is 260 g/mol. The van der Waals surface area contributed by atoms with Crippen molar-refractivity contribution in [2.45, 2.75) is 13.8 Å². The lowest BCUT2D eigenvalue weighted by molar-refractivity contribution is -0.110. The average Bonchev–Trinajstić information content (AvgIpc) is 2.80. The second-order valence-corrected chi connectivity index (χ2v) is 5.17. The maximum Gasteiger partial charge on any atom is 0.256 e. The van der Waals surface area contributed by atoms with Crippen LogP contribution >= 0.6 is 11.6 Å². The van der Waals surface area contributed by atoms with Gasteiger partial charge in [-0.1, -0.05) is 17.7 Å². The molecule has 96 valence electrons. The molecule has 3 rings (SSSR count). The quantitative estimate of drug-likeness (QED) is 0.763. The highest BCUT2D eigenvalue weighted by Crippen LogP contribution is 2.35. The maximum absolute atomic E-state index is 12.0. The van der Waals surface area contributed by atoms with Crippen LogP contribution < -0.4 is 5.32 Å². The molecule has 19 heavy (non-hydrogen) atoms. The van der Waals surface area contributed by atoms with Crippen LogP contribution in [0.5, 0.6) is 0 Å². The number of aryl methyl sites for hydroxylation is 2. The number of fused-ring (bicyclic) bond motifs is 1. The van der Waals surface area contributed by atoms with Crippen molar-refractivity contribution in [3.8, 4) is 0 Å². The van der Waals surface area contributed by atoms with Gasteiger partial charge < -0.3 is 10.3 Å². The Labute approximate surface area is 116 Å². The van der Waals surface area contributed by atoms with E-state index < -0.39 is 0 Å². The van der Waals surface area contributed by atoms with Gasteiger partial charge in [0.2, 0.25) is 0 Å². The molecule has 1 amide bonds. The molecule has 0 aliphatic carbocycles. The van der Waals surface area contributed by atoms with Crippen LogP contribution in [0.2, 0.25) is 5.02 Å². The summed E-state index contributed by atoms with van der Waals surface area (Å²) < 4.78 is 0. The van der Waals surface area contributed by atoms with Crippen LogP contribution in [0.15, 0.2) is 24.3 Å². The zero-order valence-electron chi connectivity index (χ0n) is 10.7. The van der Waals surface area contributed by atoms with Crippen molar-refractivity contribution in [3.05, 3.63) is 51.8 Å². The van der Waals surface area contributed by atoms with Crippen LogP contribution in [0.1, 0.15) is 22.5 Å². The predicted molar refractivity (Wildman–Crippen MR) is 78.2 cm³/mol. The van der Waals surface area contributed by atoms with Crippen LogP contribution in [0, 0.1) is 13.8 Å². The number of amides is 1. The molecule has 0 saturated heterocycles. The lowest BCUT2D eigenvalue weighted by Crippen LogP contribution is -2.03. The molecule has 2 aromatic rings. The van der Waals surface area contributed by atoms with Crippen molar-refractivity contribution in [1.29, 1.82) is 0 Å². The molecule has 0 fully saturated rings. The number of aromatic amines is 1. The first-order valence-corrected chi connectivity index (χ1v) is 6.41. The van der Waals surface area contributed by atoms with Gasteiger partial charge in [0, 0.05) is 27.5 Å². The highest BCUT2D eigenvalue weighted by Gasteiger charge is 2.24. The number of benzene rings is 1. The van der Waals surface area contributed by atoms with Gasteiger partial charge in [-0.15, -0.1) is 0 Å². The molecule has 0 spiro atoms. The fraction of sp³-hybridized carbons (Fsp3) is 0.133. The van der Waals surface area contributed by atoms with Gasteiger partial charge in [0.25, 0.3) is 5.91 Å².